The van der Waals surface area contributed by atoms with Gasteiger partial charge in [0.1, 0.15) is 11.5 Å². The Morgan fingerprint density at radius 2 is 1.93 bits per heavy atom. The molecule has 8 heteroatoms. The highest BCUT2D eigenvalue weighted by Crippen LogP contribution is 2.35. The second kappa shape index (κ2) is 10.5. The van der Waals surface area contributed by atoms with Gasteiger partial charge in [0, 0.05) is 23.6 Å². The largest absolute Gasteiger partial charge is 0.506 e. The first-order chi connectivity index (χ1) is 12.9. The lowest BCUT2D eigenvalue weighted by Crippen LogP contribution is -2.33. The monoisotopic (exact) mass is 424 g/mol. The van der Waals surface area contributed by atoms with Gasteiger partial charge < -0.3 is 15.6 Å². The van der Waals surface area contributed by atoms with E-state index in [1.807, 2.05) is 6.07 Å². The molecule has 0 aromatic heterocycles. The fraction of sp³-hybridized carbons (Fsp3) is 0.263. The fourth-order valence-electron chi connectivity index (χ4n) is 2.35. The molecule has 2 rings (SSSR count). The van der Waals surface area contributed by atoms with Gasteiger partial charge in [-0.1, -0.05) is 62.6 Å². The highest BCUT2D eigenvalue weighted by atomic mass is 35.5. The average molecular weight is 425 g/mol. The number of rotatable bonds is 8. The molecule has 0 saturated carbocycles. The Kier molecular flexibility index (Phi) is 8.34. The third-order valence-corrected chi connectivity index (χ3v) is 6.74. The standard InChI is InChI=1S/C19H21ClN2O3S2/c1-12-4-3-5-13(2)18(12)27-26-9-8-21-19(24)16(22-25)11-14-6-7-17(23)15(20)10-14/h3-7,10,23,25H,8-9,11H2,1-2H3,(H,21,24)/b22-16+. The smallest absolute Gasteiger partial charge is 0.269 e. The molecule has 0 aliphatic rings. The molecule has 144 valence electrons. The van der Waals surface area contributed by atoms with Gasteiger partial charge in [0.05, 0.1) is 5.02 Å². The van der Waals surface area contributed by atoms with E-state index in [1.54, 1.807) is 27.7 Å². The number of phenols is 1. The second-order valence-electron chi connectivity index (χ2n) is 5.89. The van der Waals surface area contributed by atoms with Gasteiger partial charge in [-0.2, -0.15) is 0 Å². The van der Waals surface area contributed by atoms with E-state index >= 15 is 0 Å². The maximum Gasteiger partial charge on any atom is 0.269 e. The summed E-state index contributed by atoms with van der Waals surface area (Å²) in [6.07, 6.45) is 0.118. The number of nitrogens with one attached hydrogen (secondary N) is 1. The van der Waals surface area contributed by atoms with E-state index in [-0.39, 0.29) is 22.9 Å². The number of hydrogen-bond acceptors (Lipinski definition) is 6. The van der Waals surface area contributed by atoms with Crippen LogP contribution in [0.15, 0.2) is 46.4 Å². The van der Waals surface area contributed by atoms with Crippen LogP contribution in [0.3, 0.4) is 0 Å². The van der Waals surface area contributed by atoms with Crippen molar-refractivity contribution >= 4 is 44.8 Å². The highest BCUT2D eigenvalue weighted by Gasteiger charge is 2.14. The second-order valence-corrected chi connectivity index (χ2v) is 8.72. The minimum Gasteiger partial charge on any atom is -0.506 e. The third kappa shape index (κ3) is 6.37. The van der Waals surface area contributed by atoms with Gasteiger partial charge in [0.2, 0.25) is 0 Å². The van der Waals surface area contributed by atoms with Crippen LogP contribution in [0.1, 0.15) is 16.7 Å². The lowest BCUT2D eigenvalue weighted by atomic mass is 10.1. The van der Waals surface area contributed by atoms with Crippen LogP contribution < -0.4 is 5.32 Å². The summed E-state index contributed by atoms with van der Waals surface area (Å²) >= 11 is 5.85. The van der Waals surface area contributed by atoms with Crippen LogP contribution in [0.4, 0.5) is 0 Å². The number of phenolic OH excluding ortho intramolecular Hbond substituents is 1. The van der Waals surface area contributed by atoms with E-state index in [4.69, 9.17) is 16.8 Å². The number of halogens is 1. The van der Waals surface area contributed by atoms with E-state index in [0.717, 1.165) is 0 Å². The van der Waals surface area contributed by atoms with Gasteiger partial charge in [0.25, 0.3) is 5.91 Å². The molecule has 2 aromatic carbocycles. The lowest BCUT2D eigenvalue weighted by molar-refractivity contribution is -0.114. The summed E-state index contributed by atoms with van der Waals surface area (Å²) < 4.78 is 0. The molecule has 0 bridgehead atoms. The molecular weight excluding hydrogens is 404 g/mol. The lowest BCUT2D eigenvalue weighted by Gasteiger charge is -2.09. The van der Waals surface area contributed by atoms with Crippen LogP contribution in [0.25, 0.3) is 0 Å². The van der Waals surface area contributed by atoms with Crippen molar-refractivity contribution in [3.8, 4) is 5.75 Å². The number of carbonyl (C=O) groups is 1. The van der Waals surface area contributed by atoms with Gasteiger partial charge >= 0.3 is 0 Å². The number of oxime groups is 1. The van der Waals surface area contributed by atoms with Crippen molar-refractivity contribution in [2.24, 2.45) is 5.16 Å². The first-order valence-electron chi connectivity index (χ1n) is 8.24. The number of aromatic hydroxyl groups is 1. The Balaban J connectivity index is 1.79. The van der Waals surface area contributed by atoms with Crippen LogP contribution >= 0.6 is 33.2 Å². The molecule has 0 radical (unpaired) electrons. The van der Waals surface area contributed by atoms with Crippen LogP contribution in [-0.2, 0) is 11.2 Å². The Labute approximate surface area is 171 Å². The molecule has 0 aliphatic heterocycles. The topological polar surface area (TPSA) is 81.9 Å². The predicted molar refractivity (Wildman–Crippen MR) is 113 cm³/mol. The molecule has 5 nitrogen and oxygen atoms in total. The van der Waals surface area contributed by atoms with Gasteiger partial charge in [0.15, 0.2) is 0 Å². The normalized spacial score (nSPS) is 11.4. The Morgan fingerprint density at radius 1 is 1.22 bits per heavy atom. The number of aryl methyl sites for hydroxylation is 2. The first-order valence-corrected chi connectivity index (χ1v) is 10.9. The van der Waals surface area contributed by atoms with Crippen molar-refractivity contribution in [2.75, 3.05) is 12.3 Å². The Hall–Kier alpha value is -1.83. The number of hydrogen-bond donors (Lipinski definition) is 3. The molecule has 0 unspecified atom stereocenters. The highest BCUT2D eigenvalue weighted by molar-refractivity contribution is 8.76. The molecule has 27 heavy (non-hydrogen) atoms. The van der Waals surface area contributed by atoms with Crippen molar-refractivity contribution in [1.82, 2.24) is 5.32 Å². The summed E-state index contributed by atoms with van der Waals surface area (Å²) in [7, 11) is 3.35. The van der Waals surface area contributed by atoms with Gasteiger partial charge in [-0.25, -0.2) is 0 Å². The number of benzene rings is 2. The fourth-order valence-corrected chi connectivity index (χ4v) is 4.99. The molecule has 0 heterocycles. The quantitative estimate of drug-likeness (QED) is 0.190. The molecule has 3 N–H and O–H groups in total. The van der Waals surface area contributed by atoms with E-state index in [0.29, 0.717) is 17.9 Å². The van der Waals surface area contributed by atoms with E-state index < -0.39 is 5.91 Å². The molecule has 0 spiro atoms. The zero-order chi connectivity index (χ0) is 19.8. The molecule has 0 saturated heterocycles. The van der Waals surface area contributed by atoms with E-state index in [1.165, 1.54) is 28.2 Å². The van der Waals surface area contributed by atoms with Gasteiger partial charge in [-0.15, -0.1) is 0 Å². The molecular formula is C19H21ClN2O3S2. The molecule has 2 aromatic rings. The summed E-state index contributed by atoms with van der Waals surface area (Å²) in [5.41, 5.74) is 3.13. The van der Waals surface area contributed by atoms with Crippen LogP contribution in [0, 0.1) is 13.8 Å². The van der Waals surface area contributed by atoms with Crippen LogP contribution in [-0.4, -0.2) is 34.2 Å². The number of nitrogens with zero attached hydrogens (tertiary/aromatic N) is 1. The maximum absolute atomic E-state index is 12.2. The van der Waals surface area contributed by atoms with Crippen molar-refractivity contribution in [1.29, 1.82) is 0 Å². The van der Waals surface area contributed by atoms with Gasteiger partial charge in [-0.05, 0) is 42.7 Å². The van der Waals surface area contributed by atoms with Crippen molar-refractivity contribution in [3.63, 3.8) is 0 Å². The SMILES string of the molecule is Cc1cccc(C)c1SSCCNC(=O)/C(Cc1ccc(O)c(Cl)c1)=N/O. The summed E-state index contributed by atoms with van der Waals surface area (Å²) in [4.78, 5) is 13.4. The Bertz CT molecular complexity index is 823. The zero-order valence-electron chi connectivity index (χ0n) is 15.0. The molecule has 1 amide bonds. The molecule has 0 atom stereocenters. The zero-order valence-corrected chi connectivity index (χ0v) is 17.4. The summed E-state index contributed by atoms with van der Waals surface area (Å²) in [6, 6.07) is 10.8. The van der Waals surface area contributed by atoms with Crippen LogP contribution in [0.2, 0.25) is 5.02 Å². The number of carbonyl (C=O) groups excluding carboxylic acids is 1. The number of amides is 1. The summed E-state index contributed by atoms with van der Waals surface area (Å²) in [5, 5.41) is 24.6. The summed E-state index contributed by atoms with van der Waals surface area (Å²) in [6.45, 7) is 4.62. The molecule has 0 aliphatic carbocycles. The van der Waals surface area contributed by atoms with E-state index in [9.17, 15) is 9.90 Å². The third-order valence-electron chi connectivity index (χ3n) is 3.79. The minimum atomic E-state index is -0.431. The maximum atomic E-state index is 12.2. The Morgan fingerprint density at radius 3 is 2.56 bits per heavy atom. The molecule has 0 fully saturated rings. The van der Waals surface area contributed by atoms with Crippen molar-refractivity contribution in [3.05, 3.63) is 58.1 Å². The van der Waals surface area contributed by atoms with Gasteiger partial charge in [-0.3, -0.25) is 4.79 Å². The predicted octanol–water partition coefficient (Wildman–Crippen LogP) is 4.59. The summed E-state index contributed by atoms with van der Waals surface area (Å²) in [5.74, 6) is 0.249. The van der Waals surface area contributed by atoms with Crippen LogP contribution in [0.5, 0.6) is 5.75 Å². The average Bonchev–Trinajstić information content (AvgIpc) is 2.64. The first kappa shape index (κ1) is 21.5. The van der Waals surface area contributed by atoms with Crippen molar-refractivity contribution < 1.29 is 15.1 Å². The minimum absolute atomic E-state index is 0.0100. The van der Waals surface area contributed by atoms with Crippen molar-refractivity contribution in [2.45, 2.75) is 25.2 Å². The van der Waals surface area contributed by atoms with E-state index in [2.05, 4.69) is 36.5 Å².